The minimum absolute atomic E-state index is 0.701. The zero-order valence-corrected chi connectivity index (χ0v) is 12.2. The fourth-order valence-corrected chi connectivity index (χ4v) is 2.96. The molecular formula is C16H26N2O. The number of hydrogen-bond acceptors (Lipinski definition) is 3. The smallest absolute Gasteiger partial charge is 0.120 e. The molecule has 1 saturated carbocycles. The van der Waals surface area contributed by atoms with Crippen molar-refractivity contribution in [3.63, 3.8) is 0 Å². The molecule has 0 bridgehead atoms. The topological polar surface area (TPSA) is 28.4 Å². The predicted octanol–water partition coefficient (Wildman–Crippen LogP) is 3.21. The van der Waals surface area contributed by atoms with Crippen molar-refractivity contribution < 1.29 is 4.42 Å². The number of nitrogens with one attached hydrogen (secondary N) is 1. The van der Waals surface area contributed by atoms with Crippen molar-refractivity contribution in [2.24, 2.45) is 0 Å². The quantitative estimate of drug-likeness (QED) is 0.883. The second kappa shape index (κ2) is 5.68. The third-order valence-corrected chi connectivity index (χ3v) is 4.50. The van der Waals surface area contributed by atoms with Crippen LogP contribution in [-0.2, 0) is 13.1 Å². The maximum atomic E-state index is 6.04. The van der Waals surface area contributed by atoms with Crippen LogP contribution in [0, 0.1) is 6.92 Å². The highest BCUT2D eigenvalue weighted by Crippen LogP contribution is 2.23. The van der Waals surface area contributed by atoms with Gasteiger partial charge in [-0.3, -0.25) is 4.90 Å². The summed E-state index contributed by atoms with van der Waals surface area (Å²) in [6.45, 7) is 7.59. The second-order valence-corrected chi connectivity index (χ2v) is 6.29. The summed E-state index contributed by atoms with van der Waals surface area (Å²) in [5.74, 6) is 2.27. The molecule has 1 aromatic heterocycles. The van der Waals surface area contributed by atoms with E-state index in [0.717, 1.165) is 30.7 Å². The summed E-state index contributed by atoms with van der Waals surface area (Å²) in [7, 11) is 0. The summed E-state index contributed by atoms with van der Waals surface area (Å²) < 4.78 is 6.04. The van der Waals surface area contributed by atoms with Crippen molar-refractivity contribution in [2.75, 3.05) is 6.54 Å². The summed E-state index contributed by atoms with van der Waals surface area (Å²) in [6.07, 6.45) is 6.71. The third kappa shape index (κ3) is 3.40. The summed E-state index contributed by atoms with van der Waals surface area (Å²) in [5, 5.41) is 3.53. The average Bonchev–Trinajstić information content (AvgIpc) is 3.15. The Balaban J connectivity index is 1.58. The molecular weight excluding hydrogens is 236 g/mol. The molecule has 1 aliphatic carbocycles. The highest BCUT2D eigenvalue weighted by molar-refractivity contribution is 5.20. The van der Waals surface area contributed by atoms with Gasteiger partial charge in [-0.05, 0) is 57.7 Å². The molecule has 1 aliphatic heterocycles. The maximum Gasteiger partial charge on any atom is 0.120 e. The Morgan fingerprint density at radius 2 is 2.16 bits per heavy atom. The third-order valence-electron chi connectivity index (χ3n) is 4.50. The molecule has 1 N–H and O–H groups in total. The lowest BCUT2D eigenvalue weighted by molar-refractivity contribution is 0.141. The highest BCUT2D eigenvalue weighted by Gasteiger charge is 2.22. The van der Waals surface area contributed by atoms with Gasteiger partial charge in [-0.2, -0.15) is 0 Å². The Morgan fingerprint density at radius 3 is 2.89 bits per heavy atom. The number of piperidine rings is 1. The molecule has 3 nitrogen and oxygen atoms in total. The van der Waals surface area contributed by atoms with Gasteiger partial charge >= 0.3 is 0 Å². The number of aryl methyl sites for hydroxylation is 1. The molecule has 1 atom stereocenters. The molecule has 0 amide bonds. The monoisotopic (exact) mass is 262 g/mol. The van der Waals surface area contributed by atoms with E-state index in [-0.39, 0.29) is 0 Å². The van der Waals surface area contributed by atoms with Gasteiger partial charge in [0.05, 0.1) is 13.1 Å². The van der Waals surface area contributed by atoms with Gasteiger partial charge < -0.3 is 9.73 Å². The second-order valence-electron chi connectivity index (χ2n) is 6.29. The van der Waals surface area contributed by atoms with Crippen LogP contribution in [0.2, 0.25) is 0 Å². The molecule has 2 fully saturated rings. The lowest BCUT2D eigenvalue weighted by Gasteiger charge is -2.32. The van der Waals surface area contributed by atoms with Crippen molar-refractivity contribution in [3.8, 4) is 0 Å². The van der Waals surface area contributed by atoms with E-state index >= 15 is 0 Å². The predicted molar refractivity (Wildman–Crippen MR) is 77.0 cm³/mol. The van der Waals surface area contributed by atoms with Gasteiger partial charge in [0.2, 0.25) is 0 Å². The Labute approximate surface area is 116 Å². The molecule has 0 aromatic carbocycles. The highest BCUT2D eigenvalue weighted by atomic mass is 16.3. The lowest BCUT2D eigenvalue weighted by atomic mass is 10.0. The Hall–Kier alpha value is -0.800. The van der Waals surface area contributed by atoms with Crippen molar-refractivity contribution in [1.82, 2.24) is 10.2 Å². The molecule has 3 heteroatoms. The largest absolute Gasteiger partial charge is 0.463 e. The number of furan rings is 1. The fraction of sp³-hybridized carbons (Fsp3) is 0.750. The Kier molecular flexibility index (Phi) is 3.94. The Bertz CT molecular complexity index is 422. The Morgan fingerprint density at radius 1 is 1.32 bits per heavy atom. The van der Waals surface area contributed by atoms with Crippen LogP contribution in [0.3, 0.4) is 0 Å². The van der Waals surface area contributed by atoms with Crippen LogP contribution >= 0.6 is 0 Å². The molecule has 2 heterocycles. The van der Waals surface area contributed by atoms with Gasteiger partial charge in [0.1, 0.15) is 11.5 Å². The van der Waals surface area contributed by atoms with E-state index in [1.807, 2.05) is 0 Å². The molecule has 2 aliphatic rings. The number of likely N-dealkylation sites (tertiary alicyclic amines) is 1. The van der Waals surface area contributed by atoms with E-state index in [1.54, 1.807) is 0 Å². The zero-order valence-electron chi connectivity index (χ0n) is 12.2. The van der Waals surface area contributed by atoms with Gasteiger partial charge in [0.15, 0.2) is 0 Å². The van der Waals surface area contributed by atoms with Gasteiger partial charge in [-0.15, -0.1) is 0 Å². The maximum absolute atomic E-state index is 6.04. The summed E-state index contributed by atoms with van der Waals surface area (Å²) >= 11 is 0. The van der Waals surface area contributed by atoms with Crippen LogP contribution in [0.4, 0.5) is 0 Å². The average molecular weight is 262 g/mol. The number of nitrogens with zero attached hydrogens (tertiary/aromatic N) is 1. The van der Waals surface area contributed by atoms with Crippen LogP contribution < -0.4 is 5.32 Å². The molecule has 106 valence electrons. The minimum atomic E-state index is 0.701. The normalized spacial score (nSPS) is 24.8. The SMILES string of the molecule is Cc1cc(CN2CCCCC2C)oc1CNC1CC1. The molecule has 1 saturated heterocycles. The van der Waals surface area contributed by atoms with Crippen molar-refractivity contribution in [1.29, 1.82) is 0 Å². The van der Waals surface area contributed by atoms with Crippen molar-refractivity contribution in [2.45, 2.75) is 71.1 Å². The van der Waals surface area contributed by atoms with Gasteiger partial charge in [0.25, 0.3) is 0 Å². The fourth-order valence-electron chi connectivity index (χ4n) is 2.96. The minimum Gasteiger partial charge on any atom is -0.463 e. The van der Waals surface area contributed by atoms with Crippen LogP contribution in [0.15, 0.2) is 10.5 Å². The number of hydrogen-bond donors (Lipinski definition) is 1. The summed E-state index contributed by atoms with van der Waals surface area (Å²) in [4.78, 5) is 2.56. The van der Waals surface area contributed by atoms with E-state index in [2.05, 4.69) is 30.1 Å². The molecule has 19 heavy (non-hydrogen) atoms. The first-order valence-electron chi connectivity index (χ1n) is 7.78. The van der Waals surface area contributed by atoms with Crippen LogP contribution in [0.1, 0.15) is 56.1 Å². The zero-order chi connectivity index (χ0) is 13.2. The first-order valence-corrected chi connectivity index (χ1v) is 7.78. The molecule has 3 rings (SSSR count). The molecule has 1 unspecified atom stereocenters. The van der Waals surface area contributed by atoms with E-state index in [1.165, 1.54) is 44.2 Å². The van der Waals surface area contributed by atoms with Crippen molar-refractivity contribution >= 4 is 0 Å². The number of rotatable bonds is 5. The van der Waals surface area contributed by atoms with Gasteiger partial charge in [0, 0.05) is 12.1 Å². The van der Waals surface area contributed by atoms with Crippen LogP contribution in [0.25, 0.3) is 0 Å². The first-order chi connectivity index (χ1) is 9.22. The van der Waals surface area contributed by atoms with Gasteiger partial charge in [-0.25, -0.2) is 0 Å². The van der Waals surface area contributed by atoms with Crippen LogP contribution in [0.5, 0.6) is 0 Å². The van der Waals surface area contributed by atoms with E-state index in [4.69, 9.17) is 4.42 Å². The standard InChI is InChI=1S/C16H26N2O/c1-12-9-15(11-18-8-4-3-5-13(18)2)19-16(12)10-17-14-6-7-14/h9,13-14,17H,3-8,10-11H2,1-2H3. The molecule has 0 radical (unpaired) electrons. The molecule has 0 spiro atoms. The summed E-state index contributed by atoms with van der Waals surface area (Å²) in [5.41, 5.74) is 1.30. The van der Waals surface area contributed by atoms with E-state index < -0.39 is 0 Å². The van der Waals surface area contributed by atoms with E-state index in [9.17, 15) is 0 Å². The van der Waals surface area contributed by atoms with Crippen LogP contribution in [-0.4, -0.2) is 23.5 Å². The van der Waals surface area contributed by atoms with E-state index in [0.29, 0.717) is 6.04 Å². The first kappa shape index (κ1) is 13.2. The summed E-state index contributed by atoms with van der Waals surface area (Å²) in [6, 6.07) is 3.67. The molecule has 1 aromatic rings. The van der Waals surface area contributed by atoms with Gasteiger partial charge in [-0.1, -0.05) is 6.42 Å². The lowest BCUT2D eigenvalue weighted by Crippen LogP contribution is -2.36. The van der Waals surface area contributed by atoms with Crippen molar-refractivity contribution in [3.05, 3.63) is 23.2 Å².